The predicted molar refractivity (Wildman–Crippen MR) is 124 cm³/mol. The van der Waals surface area contributed by atoms with Crippen molar-refractivity contribution in [2.45, 2.75) is 19.3 Å². The Balaban J connectivity index is 1.82. The van der Waals surface area contributed by atoms with Gasteiger partial charge in [-0.05, 0) is 46.5 Å². The molecule has 0 aliphatic carbocycles. The second-order valence-electron chi connectivity index (χ2n) is 8.26. The summed E-state index contributed by atoms with van der Waals surface area (Å²) in [5.74, 6) is 0. The third-order valence-corrected chi connectivity index (χ3v) is 7.34. The molecule has 5 aromatic rings. The molecule has 1 radical (unpaired) electrons. The van der Waals surface area contributed by atoms with Crippen molar-refractivity contribution in [1.82, 2.24) is 4.57 Å². The standard InChI is InChI=1S/C25H19BNOS/c1-25(2)19-13-16(15-8-4-3-5-9-15)12-18-17-10-6-7-11-21(17)27(23(18)19)24-20(25)14-22(26-28)29-24/h3-14,28H,1-2H3. The molecule has 0 spiro atoms. The maximum absolute atomic E-state index is 9.70. The van der Waals surface area contributed by atoms with Crippen LogP contribution in [0, 0.1) is 0 Å². The number of aromatic nitrogens is 1. The number of para-hydroxylation sites is 1. The third kappa shape index (κ3) is 2.21. The summed E-state index contributed by atoms with van der Waals surface area (Å²) in [7, 11) is 1.22. The lowest BCUT2D eigenvalue weighted by atomic mass is 9.75. The van der Waals surface area contributed by atoms with Gasteiger partial charge in [-0.25, -0.2) is 0 Å². The highest BCUT2D eigenvalue weighted by atomic mass is 32.1. The van der Waals surface area contributed by atoms with E-state index in [0.29, 0.717) is 0 Å². The first-order valence-electron chi connectivity index (χ1n) is 9.85. The first-order chi connectivity index (χ1) is 14.1. The molecule has 0 amide bonds. The van der Waals surface area contributed by atoms with Gasteiger partial charge in [0.2, 0.25) is 0 Å². The Morgan fingerprint density at radius 2 is 1.59 bits per heavy atom. The van der Waals surface area contributed by atoms with E-state index in [2.05, 4.69) is 91.2 Å². The van der Waals surface area contributed by atoms with Crippen LogP contribution in [-0.2, 0) is 5.41 Å². The maximum Gasteiger partial charge on any atom is 0.338 e. The second-order valence-corrected chi connectivity index (χ2v) is 9.32. The van der Waals surface area contributed by atoms with Gasteiger partial charge in [-0.15, -0.1) is 11.3 Å². The largest absolute Gasteiger partial charge is 0.449 e. The summed E-state index contributed by atoms with van der Waals surface area (Å²) in [5.41, 5.74) is 7.44. The van der Waals surface area contributed by atoms with E-state index in [0.717, 1.165) is 4.78 Å². The predicted octanol–water partition coefficient (Wildman–Crippen LogP) is 5.39. The highest BCUT2D eigenvalue weighted by molar-refractivity contribution is 7.23. The number of fused-ring (bicyclic) bond motifs is 5. The summed E-state index contributed by atoms with van der Waals surface area (Å²) in [6, 6.07) is 26.1. The zero-order chi connectivity index (χ0) is 19.8. The lowest BCUT2D eigenvalue weighted by molar-refractivity contribution is 0.615. The van der Waals surface area contributed by atoms with Crippen LogP contribution in [0.5, 0.6) is 0 Å². The maximum atomic E-state index is 9.70. The number of rotatable bonds is 2. The van der Waals surface area contributed by atoms with Crippen molar-refractivity contribution in [1.29, 1.82) is 0 Å². The van der Waals surface area contributed by atoms with Crippen molar-refractivity contribution in [3.8, 4) is 16.1 Å². The first-order valence-corrected chi connectivity index (χ1v) is 10.7. The van der Waals surface area contributed by atoms with E-state index >= 15 is 0 Å². The van der Waals surface area contributed by atoms with Crippen molar-refractivity contribution in [2.24, 2.45) is 0 Å². The number of hydrogen-bond donors (Lipinski definition) is 1. The van der Waals surface area contributed by atoms with E-state index in [1.807, 2.05) is 0 Å². The van der Waals surface area contributed by atoms with Crippen molar-refractivity contribution in [3.63, 3.8) is 0 Å². The van der Waals surface area contributed by atoms with Gasteiger partial charge in [-0.3, -0.25) is 0 Å². The molecular weight excluding hydrogens is 373 g/mol. The fourth-order valence-electron chi connectivity index (χ4n) is 4.80. The van der Waals surface area contributed by atoms with E-state index < -0.39 is 0 Å². The Bertz CT molecular complexity index is 1410. The Morgan fingerprint density at radius 3 is 2.38 bits per heavy atom. The highest BCUT2D eigenvalue weighted by Crippen LogP contribution is 2.49. The molecule has 0 fully saturated rings. The van der Waals surface area contributed by atoms with E-state index in [9.17, 15) is 5.02 Å². The van der Waals surface area contributed by atoms with E-state index in [1.165, 1.54) is 56.5 Å². The molecule has 0 bridgehead atoms. The molecular formula is C25H19BNOS. The Labute approximate surface area is 174 Å². The molecule has 2 aromatic heterocycles. The molecule has 3 heterocycles. The molecule has 139 valence electrons. The van der Waals surface area contributed by atoms with Crippen molar-refractivity contribution in [2.75, 3.05) is 0 Å². The van der Waals surface area contributed by atoms with Gasteiger partial charge in [0.25, 0.3) is 0 Å². The summed E-state index contributed by atoms with van der Waals surface area (Å²) >= 11 is 1.65. The van der Waals surface area contributed by atoms with Crippen LogP contribution < -0.4 is 4.78 Å². The van der Waals surface area contributed by atoms with Crippen LogP contribution in [0.25, 0.3) is 37.9 Å². The van der Waals surface area contributed by atoms with Crippen LogP contribution in [0.4, 0.5) is 0 Å². The summed E-state index contributed by atoms with van der Waals surface area (Å²) < 4.78 is 3.29. The van der Waals surface area contributed by atoms with E-state index in [-0.39, 0.29) is 5.41 Å². The molecule has 0 saturated carbocycles. The molecule has 0 unspecified atom stereocenters. The van der Waals surface area contributed by atoms with Crippen molar-refractivity contribution >= 4 is 45.4 Å². The fraction of sp³-hybridized carbons (Fsp3) is 0.120. The van der Waals surface area contributed by atoms with Crippen molar-refractivity contribution in [3.05, 3.63) is 83.9 Å². The smallest absolute Gasteiger partial charge is 0.338 e. The average molecular weight is 392 g/mol. The zero-order valence-electron chi connectivity index (χ0n) is 16.3. The van der Waals surface area contributed by atoms with E-state index in [1.54, 1.807) is 11.3 Å². The molecule has 6 rings (SSSR count). The van der Waals surface area contributed by atoms with Gasteiger partial charge in [-0.2, -0.15) is 0 Å². The van der Waals surface area contributed by atoms with Crippen molar-refractivity contribution < 1.29 is 5.02 Å². The van der Waals surface area contributed by atoms with Gasteiger partial charge in [0.1, 0.15) is 5.00 Å². The van der Waals surface area contributed by atoms with Gasteiger partial charge in [0, 0.05) is 21.0 Å². The fourth-order valence-corrected chi connectivity index (χ4v) is 5.96. The van der Waals surface area contributed by atoms with E-state index in [4.69, 9.17) is 0 Å². The van der Waals surface area contributed by atoms with Gasteiger partial charge in [0.05, 0.1) is 11.0 Å². The molecule has 3 aromatic carbocycles. The van der Waals surface area contributed by atoms with Gasteiger partial charge in [-0.1, -0.05) is 62.4 Å². The summed E-state index contributed by atoms with van der Waals surface area (Å²) in [4.78, 5) is 0. The second kappa shape index (κ2) is 5.85. The Hall–Kier alpha value is -2.82. The lowest BCUT2D eigenvalue weighted by Crippen LogP contribution is -2.25. The lowest BCUT2D eigenvalue weighted by Gasteiger charge is -2.33. The van der Waals surface area contributed by atoms with Crippen LogP contribution in [0.1, 0.15) is 25.0 Å². The Morgan fingerprint density at radius 1 is 0.828 bits per heavy atom. The average Bonchev–Trinajstić information content (AvgIpc) is 3.33. The van der Waals surface area contributed by atoms with Crippen LogP contribution in [0.3, 0.4) is 0 Å². The summed E-state index contributed by atoms with van der Waals surface area (Å²) in [5, 5.41) is 13.5. The number of benzene rings is 3. The molecule has 29 heavy (non-hydrogen) atoms. The minimum Gasteiger partial charge on any atom is -0.449 e. The first kappa shape index (κ1) is 17.1. The van der Waals surface area contributed by atoms with Crippen LogP contribution in [0.2, 0.25) is 0 Å². The van der Waals surface area contributed by atoms with Crippen LogP contribution >= 0.6 is 11.3 Å². The monoisotopic (exact) mass is 392 g/mol. The van der Waals surface area contributed by atoms with Crippen LogP contribution in [-0.4, -0.2) is 17.1 Å². The normalized spacial score (nSPS) is 14.3. The number of thiophene rings is 1. The molecule has 4 heteroatoms. The Kier molecular flexibility index (Phi) is 3.44. The zero-order valence-corrected chi connectivity index (χ0v) is 17.1. The van der Waals surface area contributed by atoms with Gasteiger partial charge >= 0.3 is 7.48 Å². The molecule has 1 N–H and O–H groups in total. The highest BCUT2D eigenvalue weighted by Gasteiger charge is 2.37. The molecule has 0 saturated heterocycles. The van der Waals surface area contributed by atoms with Gasteiger partial charge in [0.15, 0.2) is 0 Å². The number of hydrogen-bond acceptors (Lipinski definition) is 2. The topological polar surface area (TPSA) is 25.2 Å². The van der Waals surface area contributed by atoms with Gasteiger partial charge < -0.3 is 9.59 Å². The molecule has 0 atom stereocenters. The SMILES string of the molecule is CC1(C)c2cc([B]O)sc2-n2c3ccccc3c3cc(-c4ccccc4)cc1c32. The minimum absolute atomic E-state index is 0.152. The quantitative estimate of drug-likeness (QED) is 0.401. The molecule has 2 nitrogen and oxygen atoms in total. The third-order valence-electron chi connectivity index (χ3n) is 6.28. The molecule has 1 aliphatic heterocycles. The molecule has 1 aliphatic rings. The summed E-state index contributed by atoms with van der Waals surface area (Å²) in [6.45, 7) is 4.59. The number of nitrogens with zero attached hydrogens (tertiary/aromatic N) is 1. The minimum atomic E-state index is -0.152. The van der Waals surface area contributed by atoms with Crippen LogP contribution in [0.15, 0.2) is 72.8 Å². The summed E-state index contributed by atoms with van der Waals surface area (Å²) in [6.07, 6.45) is 0.